The Morgan fingerprint density at radius 2 is 1.69 bits per heavy atom. The molecular weight excluding hydrogens is 336 g/mol. The fraction of sp³-hybridized carbons (Fsp3) is 0.500. The van der Waals surface area contributed by atoms with Gasteiger partial charge in [0.1, 0.15) is 4.60 Å². The molecule has 0 aromatic carbocycles. The third kappa shape index (κ3) is 5.03. The average Bonchev–Trinajstić information content (AvgIpc) is 2.24. The van der Waals surface area contributed by atoms with Crippen LogP contribution < -0.4 is 0 Å². The molecule has 0 unspecified atom stereocenters. The van der Waals surface area contributed by atoms with Crippen molar-refractivity contribution in [3.05, 3.63) is 14.9 Å². The lowest BCUT2D eigenvalue weighted by atomic mass is 10.5. The number of aliphatic imine (C=N–C) groups is 1. The number of hydrogen-bond donors (Lipinski definition) is 0. The summed E-state index contributed by atoms with van der Waals surface area (Å²) in [6.45, 7) is 5.87. The molecule has 90 valence electrons. The summed E-state index contributed by atoms with van der Waals surface area (Å²) >= 11 is 6.59. The Morgan fingerprint density at radius 3 is 2.19 bits per heavy atom. The maximum absolute atomic E-state index is 4.26. The molecule has 0 radical (unpaired) electrons. The Kier molecular flexibility index (Phi) is 7.49. The number of halogens is 2. The molecule has 0 saturated carbocycles. The zero-order valence-electron chi connectivity index (χ0n) is 10.1. The molecule has 0 aliphatic rings. The Morgan fingerprint density at radius 1 is 1.12 bits per heavy atom. The second-order valence-electron chi connectivity index (χ2n) is 2.92. The molecule has 0 spiro atoms. The van der Waals surface area contributed by atoms with Crippen molar-refractivity contribution < 1.29 is 0 Å². The first kappa shape index (κ1) is 15.5. The van der Waals surface area contributed by atoms with Gasteiger partial charge in [-0.3, -0.25) is 0 Å². The molecule has 0 amide bonds. The van der Waals surface area contributed by atoms with Crippen molar-refractivity contribution in [3.8, 4) is 0 Å². The van der Waals surface area contributed by atoms with Crippen LogP contribution in [0.5, 0.6) is 0 Å². The third-order valence-electron chi connectivity index (χ3n) is 1.36. The summed E-state index contributed by atoms with van der Waals surface area (Å²) in [5.41, 5.74) is 0.819. The largest absolute Gasteiger partial charge is 0.369 e. The van der Waals surface area contributed by atoms with E-state index >= 15 is 0 Å². The van der Waals surface area contributed by atoms with E-state index in [1.807, 2.05) is 39.8 Å². The Bertz CT molecular complexity index is 364. The van der Waals surface area contributed by atoms with Gasteiger partial charge in [-0.1, -0.05) is 13.8 Å². The molecule has 0 aliphatic heterocycles. The van der Waals surface area contributed by atoms with Gasteiger partial charge in [-0.15, -0.1) is 0 Å². The predicted molar refractivity (Wildman–Crippen MR) is 75.4 cm³/mol. The standard InChI is InChI=1S/C8H10Br2N4.C2H6/c1-5-6(9)13-7(10)8(12-5)11-4-14(2)3;1-2/h4H,1-3H3;1-2H3. The summed E-state index contributed by atoms with van der Waals surface area (Å²) in [5, 5.41) is 0. The smallest absolute Gasteiger partial charge is 0.187 e. The van der Waals surface area contributed by atoms with E-state index < -0.39 is 0 Å². The van der Waals surface area contributed by atoms with E-state index in [0.29, 0.717) is 10.4 Å². The summed E-state index contributed by atoms with van der Waals surface area (Å²) in [7, 11) is 3.80. The summed E-state index contributed by atoms with van der Waals surface area (Å²) < 4.78 is 1.36. The van der Waals surface area contributed by atoms with E-state index in [4.69, 9.17) is 0 Å². The lowest BCUT2D eigenvalue weighted by molar-refractivity contribution is 0.642. The van der Waals surface area contributed by atoms with Crippen molar-refractivity contribution >= 4 is 44.0 Å². The van der Waals surface area contributed by atoms with Crippen molar-refractivity contribution in [1.29, 1.82) is 0 Å². The summed E-state index contributed by atoms with van der Waals surface area (Å²) in [6.07, 6.45) is 1.68. The first-order valence-corrected chi connectivity index (χ1v) is 6.49. The summed E-state index contributed by atoms with van der Waals surface area (Å²) in [6, 6.07) is 0. The second kappa shape index (κ2) is 7.73. The van der Waals surface area contributed by atoms with E-state index in [1.165, 1.54) is 0 Å². The molecule has 0 N–H and O–H groups in total. The molecule has 0 atom stereocenters. The number of aryl methyl sites for hydroxylation is 1. The quantitative estimate of drug-likeness (QED) is 0.604. The second-order valence-corrected chi connectivity index (χ2v) is 4.42. The van der Waals surface area contributed by atoms with Crippen molar-refractivity contribution in [3.63, 3.8) is 0 Å². The minimum atomic E-state index is 0.583. The molecule has 0 bridgehead atoms. The monoisotopic (exact) mass is 350 g/mol. The highest BCUT2D eigenvalue weighted by molar-refractivity contribution is 9.11. The van der Waals surface area contributed by atoms with Gasteiger partial charge >= 0.3 is 0 Å². The highest BCUT2D eigenvalue weighted by atomic mass is 79.9. The van der Waals surface area contributed by atoms with E-state index in [-0.39, 0.29) is 0 Å². The molecule has 1 aromatic heterocycles. The van der Waals surface area contributed by atoms with Crippen LogP contribution in [0.3, 0.4) is 0 Å². The van der Waals surface area contributed by atoms with Crippen LogP contribution in [0.15, 0.2) is 14.2 Å². The fourth-order valence-electron chi connectivity index (χ4n) is 0.720. The first-order chi connectivity index (χ1) is 7.50. The molecule has 16 heavy (non-hydrogen) atoms. The van der Waals surface area contributed by atoms with Crippen LogP contribution in [0, 0.1) is 6.92 Å². The van der Waals surface area contributed by atoms with Gasteiger partial charge in [0.25, 0.3) is 0 Å². The van der Waals surface area contributed by atoms with E-state index in [0.717, 1.165) is 10.3 Å². The molecule has 4 nitrogen and oxygen atoms in total. The van der Waals surface area contributed by atoms with E-state index in [9.17, 15) is 0 Å². The van der Waals surface area contributed by atoms with Crippen molar-refractivity contribution in [1.82, 2.24) is 14.9 Å². The van der Waals surface area contributed by atoms with Gasteiger partial charge in [-0.05, 0) is 38.8 Å². The van der Waals surface area contributed by atoms with Gasteiger partial charge in [0.05, 0.1) is 12.0 Å². The number of hydrogen-bond acceptors (Lipinski definition) is 3. The molecule has 1 heterocycles. The Labute approximate surface area is 113 Å². The zero-order valence-corrected chi connectivity index (χ0v) is 13.3. The normalized spacial score (nSPS) is 9.94. The van der Waals surface area contributed by atoms with Crippen LogP contribution in [0.1, 0.15) is 19.5 Å². The summed E-state index contributed by atoms with van der Waals surface area (Å²) in [5.74, 6) is 0.583. The average molecular weight is 352 g/mol. The van der Waals surface area contributed by atoms with Crippen LogP contribution in [-0.4, -0.2) is 35.3 Å². The highest BCUT2D eigenvalue weighted by Crippen LogP contribution is 2.24. The maximum atomic E-state index is 4.26. The molecule has 0 fully saturated rings. The fourth-order valence-corrected chi connectivity index (χ4v) is 1.59. The number of aromatic nitrogens is 2. The van der Waals surface area contributed by atoms with Crippen molar-refractivity contribution in [2.24, 2.45) is 4.99 Å². The highest BCUT2D eigenvalue weighted by Gasteiger charge is 2.05. The van der Waals surface area contributed by atoms with Crippen molar-refractivity contribution in [2.45, 2.75) is 20.8 Å². The molecule has 0 aliphatic carbocycles. The maximum Gasteiger partial charge on any atom is 0.187 e. The number of nitrogens with zero attached hydrogens (tertiary/aromatic N) is 4. The van der Waals surface area contributed by atoms with Gasteiger partial charge in [0.2, 0.25) is 0 Å². The van der Waals surface area contributed by atoms with Crippen molar-refractivity contribution in [2.75, 3.05) is 14.1 Å². The topological polar surface area (TPSA) is 41.4 Å². The van der Waals surface area contributed by atoms with Gasteiger partial charge in [0, 0.05) is 14.1 Å². The molecule has 0 saturated heterocycles. The van der Waals surface area contributed by atoms with E-state index in [1.54, 1.807) is 6.34 Å². The van der Waals surface area contributed by atoms with Gasteiger partial charge < -0.3 is 4.90 Å². The zero-order chi connectivity index (χ0) is 12.7. The van der Waals surface area contributed by atoms with Crippen LogP contribution >= 0.6 is 31.9 Å². The molecule has 6 heteroatoms. The predicted octanol–water partition coefficient (Wildman–Crippen LogP) is 3.56. The van der Waals surface area contributed by atoms with Gasteiger partial charge in [-0.2, -0.15) is 0 Å². The molecule has 1 rings (SSSR count). The minimum Gasteiger partial charge on any atom is -0.369 e. The first-order valence-electron chi connectivity index (χ1n) is 4.91. The van der Waals surface area contributed by atoms with Crippen LogP contribution in [-0.2, 0) is 0 Å². The van der Waals surface area contributed by atoms with Gasteiger partial charge in [-0.25, -0.2) is 15.0 Å². The third-order valence-corrected chi connectivity index (χ3v) is 2.65. The summed E-state index contributed by atoms with van der Waals surface area (Å²) in [4.78, 5) is 14.5. The van der Waals surface area contributed by atoms with Gasteiger partial charge in [0.15, 0.2) is 10.4 Å². The van der Waals surface area contributed by atoms with Crippen LogP contribution in [0.4, 0.5) is 5.82 Å². The lowest BCUT2D eigenvalue weighted by Crippen LogP contribution is -2.07. The minimum absolute atomic E-state index is 0.583. The number of rotatable bonds is 2. The molecular formula is C10H16Br2N4. The molecule has 1 aromatic rings. The van der Waals surface area contributed by atoms with Crippen LogP contribution in [0.2, 0.25) is 0 Å². The van der Waals surface area contributed by atoms with E-state index in [2.05, 4.69) is 46.8 Å². The van der Waals surface area contributed by atoms with Crippen LogP contribution in [0.25, 0.3) is 0 Å². The SMILES string of the molecule is CC.Cc1nc(N=CN(C)C)c(Br)nc1Br. The Hall–Kier alpha value is -0.490. The Balaban J connectivity index is 0.00000106. The lowest BCUT2D eigenvalue weighted by Gasteiger charge is -2.04.